The molecule has 1 saturated heterocycles. The zero-order chi connectivity index (χ0) is 19.0. The Morgan fingerprint density at radius 2 is 2.26 bits per heavy atom. The standard InChI is InChI=1S/C20H19N5O2/c1-12(26)23-20-7-15-16(10-25(2)19(15)9-22-20)18-6-13(8-21)5-17(24-18)14-3-4-27-11-14/h5-7,9-10,14H,3-4,11H2,1-2H3,(H,22,23,26). The molecule has 0 spiro atoms. The molecular formula is C20H19N5O2. The van der Waals surface area contributed by atoms with Crippen LogP contribution in [0.25, 0.3) is 22.2 Å². The SMILES string of the molecule is CC(=O)Nc1cc2c(-c3cc(C#N)cc(C4CCOC4)n3)cn(C)c2cn1. The minimum atomic E-state index is -0.174. The van der Waals surface area contributed by atoms with Crippen LogP contribution in [0.4, 0.5) is 5.82 Å². The fourth-order valence-electron chi connectivity index (χ4n) is 3.46. The molecule has 3 aromatic heterocycles. The number of anilines is 1. The Bertz CT molecular complexity index is 1070. The molecule has 136 valence electrons. The van der Waals surface area contributed by atoms with Crippen LogP contribution in [0.1, 0.15) is 30.5 Å². The predicted molar refractivity (Wildman–Crippen MR) is 101 cm³/mol. The lowest BCUT2D eigenvalue weighted by molar-refractivity contribution is -0.114. The van der Waals surface area contributed by atoms with Gasteiger partial charge in [0.2, 0.25) is 5.91 Å². The Balaban J connectivity index is 1.87. The smallest absolute Gasteiger partial charge is 0.222 e. The van der Waals surface area contributed by atoms with Gasteiger partial charge in [0.1, 0.15) is 5.82 Å². The summed E-state index contributed by atoms with van der Waals surface area (Å²) in [6.07, 6.45) is 4.61. The largest absolute Gasteiger partial charge is 0.381 e. The molecule has 1 unspecified atom stereocenters. The van der Waals surface area contributed by atoms with Crippen molar-refractivity contribution in [3.8, 4) is 17.3 Å². The van der Waals surface area contributed by atoms with Crippen LogP contribution in [0, 0.1) is 11.3 Å². The van der Waals surface area contributed by atoms with Gasteiger partial charge in [0.15, 0.2) is 0 Å². The third-order valence-electron chi connectivity index (χ3n) is 4.78. The Labute approximate surface area is 156 Å². The fourth-order valence-corrected chi connectivity index (χ4v) is 3.46. The highest BCUT2D eigenvalue weighted by Crippen LogP contribution is 2.33. The van der Waals surface area contributed by atoms with Crippen LogP contribution in [0.5, 0.6) is 0 Å². The lowest BCUT2D eigenvalue weighted by atomic mass is 10.0. The maximum Gasteiger partial charge on any atom is 0.222 e. The highest BCUT2D eigenvalue weighted by molar-refractivity contribution is 5.98. The quantitative estimate of drug-likeness (QED) is 0.774. The molecule has 0 bridgehead atoms. The molecule has 27 heavy (non-hydrogen) atoms. The second-order valence-electron chi connectivity index (χ2n) is 6.76. The van der Waals surface area contributed by atoms with Crippen LogP contribution in [0.3, 0.4) is 0 Å². The third-order valence-corrected chi connectivity index (χ3v) is 4.78. The van der Waals surface area contributed by atoms with Gasteiger partial charge in [-0.1, -0.05) is 0 Å². The number of rotatable bonds is 3. The van der Waals surface area contributed by atoms with Gasteiger partial charge in [0, 0.05) is 49.3 Å². The topological polar surface area (TPSA) is 92.8 Å². The number of hydrogen-bond donors (Lipinski definition) is 1. The summed E-state index contributed by atoms with van der Waals surface area (Å²) in [5, 5.41) is 13.1. The average molecular weight is 361 g/mol. The van der Waals surface area contributed by atoms with E-state index in [1.165, 1.54) is 6.92 Å². The maximum atomic E-state index is 11.4. The monoisotopic (exact) mass is 361 g/mol. The number of aromatic nitrogens is 3. The molecule has 7 nitrogen and oxygen atoms in total. The van der Waals surface area contributed by atoms with Gasteiger partial charge in [0.05, 0.1) is 35.6 Å². The summed E-state index contributed by atoms with van der Waals surface area (Å²) < 4.78 is 7.45. The molecule has 1 amide bonds. The second-order valence-corrected chi connectivity index (χ2v) is 6.76. The van der Waals surface area contributed by atoms with E-state index in [2.05, 4.69) is 16.4 Å². The molecule has 0 saturated carbocycles. The van der Waals surface area contributed by atoms with E-state index in [0.717, 1.165) is 40.9 Å². The van der Waals surface area contributed by atoms with Crippen molar-refractivity contribution in [2.24, 2.45) is 7.05 Å². The van der Waals surface area contributed by atoms with E-state index in [1.54, 1.807) is 12.3 Å². The molecule has 1 atom stereocenters. The first kappa shape index (κ1) is 17.2. The molecule has 7 heteroatoms. The van der Waals surface area contributed by atoms with Gasteiger partial charge in [0.25, 0.3) is 0 Å². The number of ether oxygens (including phenoxy) is 1. The molecule has 4 heterocycles. The number of aryl methyl sites for hydroxylation is 1. The highest BCUT2D eigenvalue weighted by atomic mass is 16.5. The Morgan fingerprint density at radius 1 is 1.41 bits per heavy atom. The van der Waals surface area contributed by atoms with Crippen LogP contribution in [0.2, 0.25) is 0 Å². The number of hydrogen-bond acceptors (Lipinski definition) is 5. The van der Waals surface area contributed by atoms with E-state index in [1.807, 2.05) is 29.9 Å². The number of nitrogens with zero attached hydrogens (tertiary/aromatic N) is 4. The van der Waals surface area contributed by atoms with Crippen molar-refractivity contribution in [1.82, 2.24) is 14.5 Å². The lowest BCUT2D eigenvalue weighted by Crippen LogP contribution is -2.07. The van der Waals surface area contributed by atoms with Gasteiger partial charge < -0.3 is 14.6 Å². The van der Waals surface area contributed by atoms with E-state index < -0.39 is 0 Å². The number of nitriles is 1. The number of amides is 1. The van der Waals surface area contributed by atoms with Crippen molar-refractivity contribution >= 4 is 22.6 Å². The second kappa shape index (κ2) is 6.82. The van der Waals surface area contributed by atoms with E-state index in [4.69, 9.17) is 9.72 Å². The summed E-state index contributed by atoms with van der Waals surface area (Å²) in [4.78, 5) is 20.5. The van der Waals surface area contributed by atoms with E-state index in [9.17, 15) is 10.1 Å². The van der Waals surface area contributed by atoms with Crippen molar-refractivity contribution < 1.29 is 9.53 Å². The first-order chi connectivity index (χ1) is 13.0. The van der Waals surface area contributed by atoms with E-state index in [0.29, 0.717) is 18.0 Å². The molecular weight excluding hydrogens is 342 g/mol. The Hall–Kier alpha value is -3.24. The van der Waals surface area contributed by atoms with Crippen molar-refractivity contribution in [1.29, 1.82) is 5.26 Å². The average Bonchev–Trinajstić information content (AvgIpc) is 3.29. The van der Waals surface area contributed by atoms with Crippen molar-refractivity contribution in [2.45, 2.75) is 19.3 Å². The summed E-state index contributed by atoms with van der Waals surface area (Å²) in [6.45, 7) is 2.80. The minimum absolute atomic E-state index is 0.174. The summed E-state index contributed by atoms with van der Waals surface area (Å²) in [5.74, 6) is 0.527. The lowest BCUT2D eigenvalue weighted by Gasteiger charge is -2.10. The van der Waals surface area contributed by atoms with Crippen LogP contribution in [-0.2, 0) is 16.6 Å². The Kier molecular flexibility index (Phi) is 4.34. The normalized spacial score (nSPS) is 16.4. The van der Waals surface area contributed by atoms with Gasteiger partial charge in [-0.2, -0.15) is 5.26 Å². The van der Waals surface area contributed by atoms with Crippen molar-refractivity contribution in [3.05, 3.63) is 41.9 Å². The third kappa shape index (κ3) is 3.27. The molecule has 1 aliphatic heterocycles. The van der Waals surface area contributed by atoms with Gasteiger partial charge in [-0.3, -0.25) is 9.78 Å². The van der Waals surface area contributed by atoms with Crippen LogP contribution in [-0.4, -0.2) is 33.7 Å². The van der Waals surface area contributed by atoms with Gasteiger partial charge in [-0.15, -0.1) is 0 Å². The number of carbonyl (C=O) groups is 1. The Morgan fingerprint density at radius 3 is 2.96 bits per heavy atom. The minimum Gasteiger partial charge on any atom is -0.381 e. The molecule has 0 aliphatic carbocycles. The summed E-state index contributed by atoms with van der Waals surface area (Å²) in [6, 6.07) is 7.72. The number of pyridine rings is 2. The molecule has 0 aromatic carbocycles. The summed E-state index contributed by atoms with van der Waals surface area (Å²) in [7, 11) is 1.94. The molecule has 0 radical (unpaired) electrons. The highest BCUT2D eigenvalue weighted by Gasteiger charge is 2.21. The summed E-state index contributed by atoms with van der Waals surface area (Å²) >= 11 is 0. The van der Waals surface area contributed by atoms with Gasteiger partial charge in [-0.05, 0) is 24.6 Å². The molecule has 4 rings (SSSR count). The van der Waals surface area contributed by atoms with E-state index >= 15 is 0 Å². The molecule has 3 aromatic rings. The molecule has 1 aliphatic rings. The van der Waals surface area contributed by atoms with Crippen molar-refractivity contribution in [3.63, 3.8) is 0 Å². The maximum absolute atomic E-state index is 11.4. The van der Waals surface area contributed by atoms with Crippen molar-refractivity contribution in [2.75, 3.05) is 18.5 Å². The zero-order valence-corrected chi connectivity index (χ0v) is 15.2. The fraction of sp³-hybridized carbons (Fsp3) is 0.300. The first-order valence-corrected chi connectivity index (χ1v) is 8.78. The first-order valence-electron chi connectivity index (χ1n) is 8.78. The van der Waals surface area contributed by atoms with Crippen LogP contribution < -0.4 is 5.32 Å². The number of nitrogens with one attached hydrogen (secondary N) is 1. The van der Waals surface area contributed by atoms with Gasteiger partial charge >= 0.3 is 0 Å². The van der Waals surface area contributed by atoms with E-state index in [-0.39, 0.29) is 11.8 Å². The zero-order valence-electron chi connectivity index (χ0n) is 15.2. The predicted octanol–water partition coefficient (Wildman–Crippen LogP) is 2.97. The van der Waals surface area contributed by atoms with Gasteiger partial charge in [-0.25, -0.2) is 4.98 Å². The summed E-state index contributed by atoms with van der Waals surface area (Å²) in [5.41, 5.74) is 4.03. The molecule has 1 fully saturated rings. The molecule has 1 N–H and O–H groups in total. The van der Waals surface area contributed by atoms with Crippen LogP contribution in [0.15, 0.2) is 30.6 Å². The number of carbonyl (C=O) groups excluding carboxylic acids is 1. The number of fused-ring (bicyclic) bond motifs is 1. The van der Waals surface area contributed by atoms with Crippen LogP contribution >= 0.6 is 0 Å².